The van der Waals surface area contributed by atoms with Crippen molar-refractivity contribution in [2.75, 3.05) is 0 Å². The van der Waals surface area contributed by atoms with Crippen LogP contribution >= 0.6 is 0 Å². The number of hydrogen-bond donors (Lipinski definition) is 2. The fraction of sp³-hybridized carbons (Fsp3) is 0.222. The molecule has 0 heterocycles. The number of aromatic hydroxyl groups is 1. The van der Waals surface area contributed by atoms with Crippen molar-refractivity contribution in [3.63, 3.8) is 0 Å². The third-order valence-corrected chi connectivity index (χ3v) is 1.65. The summed E-state index contributed by atoms with van der Waals surface area (Å²) in [5, 5.41) is 18.1. The number of Topliss-reactive ketones (excluding diaryl/α,β-unsaturated/α-hetero) is 1. The first-order valence-corrected chi connectivity index (χ1v) is 3.59. The van der Waals surface area contributed by atoms with E-state index < -0.39 is 0 Å². The maximum absolute atomic E-state index is 11.0. The molecule has 0 atom stereocenters. The highest BCUT2D eigenvalue weighted by Gasteiger charge is 2.10. The summed E-state index contributed by atoms with van der Waals surface area (Å²) in [4.78, 5) is 11.0. The summed E-state index contributed by atoms with van der Waals surface area (Å²) in [5.41, 5.74) is 0.669. The van der Waals surface area contributed by atoms with Crippen LogP contribution in [0.1, 0.15) is 22.8 Å². The number of phenolic OH excluding ortho intramolecular Hbond substituents is 1. The third kappa shape index (κ3) is 1.46. The fourth-order valence-corrected chi connectivity index (χ4v) is 1.12. The van der Waals surface area contributed by atoms with Gasteiger partial charge in [-0.05, 0) is 18.6 Å². The van der Waals surface area contributed by atoms with Gasteiger partial charge in [0.05, 0.1) is 12.2 Å². The predicted octanol–water partition coefficient (Wildman–Crippen LogP) is 1.09. The molecule has 3 heteroatoms. The van der Waals surface area contributed by atoms with Gasteiger partial charge in [0, 0.05) is 0 Å². The summed E-state index contributed by atoms with van der Waals surface area (Å²) in [6.07, 6.45) is 0. The van der Waals surface area contributed by atoms with Crippen molar-refractivity contribution in [2.45, 2.75) is 13.5 Å². The van der Waals surface area contributed by atoms with Gasteiger partial charge in [-0.1, -0.05) is 12.1 Å². The summed E-state index contributed by atoms with van der Waals surface area (Å²) in [7, 11) is 0. The third-order valence-electron chi connectivity index (χ3n) is 1.65. The van der Waals surface area contributed by atoms with Gasteiger partial charge >= 0.3 is 0 Å². The first-order valence-electron chi connectivity index (χ1n) is 3.59. The maximum Gasteiger partial charge on any atom is 0.163 e. The normalized spacial score (nSPS) is 9.83. The molecule has 0 aliphatic rings. The quantitative estimate of drug-likeness (QED) is 0.646. The molecule has 3 nitrogen and oxygen atoms in total. The first-order chi connectivity index (χ1) is 5.66. The number of carbonyl (C=O) groups excluding carboxylic acids is 1. The van der Waals surface area contributed by atoms with E-state index in [0.717, 1.165) is 0 Å². The van der Waals surface area contributed by atoms with Gasteiger partial charge in [0.25, 0.3) is 0 Å². The van der Waals surface area contributed by atoms with Gasteiger partial charge in [-0.25, -0.2) is 0 Å². The smallest absolute Gasteiger partial charge is 0.163 e. The van der Waals surface area contributed by atoms with Crippen LogP contribution in [0.3, 0.4) is 0 Å². The minimum atomic E-state index is -0.239. The van der Waals surface area contributed by atoms with E-state index in [-0.39, 0.29) is 23.7 Å². The highest BCUT2D eigenvalue weighted by Crippen LogP contribution is 2.21. The standard InChI is InChI=1S/C9H10O3/c1-6(11)9-7(5-10)3-2-4-8(9)12/h2-4,10,12H,5H2,1H3. The average Bonchev–Trinajstić information content (AvgIpc) is 2.03. The Labute approximate surface area is 70.3 Å². The second-order valence-corrected chi connectivity index (χ2v) is 2.53. The summed E-state index contributed by atoms with van der Waals surface area (Å²) < 4.78 is 0. The van der Waals surface area contributed by atoms with Crippen LogP contribution in [-0.2, 0) is 6.61 Å². The number of aliphatic hydroxyl groups excluding tert-OH is 1. The molecule has 1 aromatic carbocycles. The number of benzene rings is 1. The van der Waals surface area contributed by atoms with Gasteiger partial charge in [0.2, 0.25) is 0 Å². The highest BCUT2D eigenvalue weighted by atomic mass is 16.3. The van der Waals surface area contributed by atoms with Crippen molar-refractivity contribution in [1.82, 2.24) is 0 Å². The molecule has 12 heavy (non-hydrogen) atoms. The number of hydrogen-bond acceptors (Lipinski definition) is 3. The van der Waals surface area contributed by atoms with Gasteiger partial charge < -0.3 is 10.2 Å². The molecule has 64 valence electrons. The maximum atomic E-state index is 11.0. The largest absolute Gasteiger partial charge is 0.507 e. The van der Waals surface area contributed by atoms with Crippen molar-refractivity contribution < 1.29 is 15.0 Å². The lowest BCUT2D eigenvalue weighted by atomic mass is 10.0. The van der Waals surface area contributed by atoms with Gasteiger partial charge in [0.1, 0.15) is 5.75 Å². The second-order valence-electron chi connectivity index (χ2n) is 2.53. The molecule has 0 amide bonds. The Balaban J connectivity index is 3.29. The van der Waals surface area contributed by atoms with Gasteiger partial charge in [0.15, 0.2) is 5.78 Å². The molecule has 0 bridgehead atoms. The van der Waals surface area contributed by atoms with Crippen molar-refractivity contribution in [1.29, 1.82) is 0 Å². The molecule has 0 aliphatic carbocycles. The zero-order valence-corrected chi connectivity index (χ0v) is 6.74. The van der Waals surface area contributed by atoms with Crippen molar-refractivity contribution in [3.8, 4) is 5.75 Å². The van der Waals surface area contributed by atoms with Crippen LogP contribution in [0.4, 0.5) is 0 Å². The summed E-state index contributed by atoms with van der Waals surface area (Å²) >= 11 is 0. The van der Waals surface area contributed by atoms with Crippen LogP contribution in [0.15, 0.2) is 18.2 Å². The predicted molar refractivity (Wildman–Crippen MR) is 44.0 cm³/mol. The molecule has 0 fully saturated rings. The molecular weight excluding hydrogens is 156 g/mol. The summed E-state index contributed by atoms with van der Waals surface area (Å²) in [6.45, 7) is 1.12. The molecule has 0 saturated carbocycles. The SMILES string of the molecule is CC(=O)c1c(O)cccc1CO. The average molecular weight is 166 g/mol. The monoisotopic (exact) mass is 166 g/mol. The lowest BCUT2D eigenvalue weighted by molar-refractivity contribution is 0.101. The zero-order chi connectivity index (χ0) is 9.14. The number of phenols is 1. The molecule has 0 aromatic heterocycles. The number of rotatable bonds is 2. The van der Waals surface area contributed by atoms with E-state index in [4.69, 9.17) is 5.11 Å². The van der Waals surface area contributed by atoms with Crippen molar-refractivity contribution >= 4 is 5.78 Å². The minimum Gasteiger partial charge on any atom is -0.507 e. The fourth-order valence-electron chi connectivity index (χ4n) is 1.12. The van der Waals surface area contributed by atoms with E-state index in [1.165, 1.54) is 13.0 Å². The lowest BCUT2D eigenvalue weighted by Crippen LogP contribution is -1.99. The van der Waals surface area contributed by atoms with E-state index >= 15 is 0 Å². The van der Waals surface area contributed by atoms with Crippen LogP contribution in [0.5, 0.6) is 5.75 Å². The van der Waals surface area contributed by atoms with E-state index in [2.05, 4.69) is 0 Å². The first kappa shape index (κ1) is 8.74. The van der Waals surface area contributed by atoms with E-state index in [1.807, 2.05) is 0 Å². The molecule has 1 aromatic rings. The van der Waals surface area contributed by atoms with Gasteiger partial charge in [-0.3, -0.25) is 4.79 Å². The Morgan fingerprint density at radius 2 is 2.17 bits per heavy atom. The van der Waals surface area contributed by atoms with Crippen LogP contribution < -0.4 is 0 Å². The lowest BCUT2D eigenvalue weighted by Gasteiger charge is -2.04. The molecule has 0 radical (unpaired) electrons. The number of ketones is 1. The minimum absolute atomic E-state index is 0.0750. The Morgan fingerprint density at radius 1 is 1.50 bits per heavy atom. The van der Waals surface area contributed by atoms with E-state index in [0.29, 0.717) is 5.56 Å². The molecule has 0 aliphatic heterocycles. The molecule has 0 spiro atoms. The number of carbonyl (C=O) groups is 1. The van der Waals surface area contributed by atoms with Crippen LogP contribution in [0, 0.1) is 0 Å². The van der Waals surface area contributed by atoms with Gasteiger partial charge in [-0.15, -0.1) is 0 Å². The number of aliphatic hydroxyl groups is 1. The molecule has 0 saturated heterocycles. The molecular formula is C9H10O3. The van der Waals surface area contributed by atoms with E-state index in [1.54, 1.807) is 12.1 Å². The highest BCUT2D eigenvalue weighted by molar-refractivity contribution is 5.98. The Hall–Kier alpha value is -1.35. The van der Waals surface area contributed by atoms with E-state index in [9.17, 15) is 9.90 Å². The van der Waals surface area contributed by atoms with Crippen LogP contribution in [-0.4, -0.2) is 16.0 Å². The Kier molecular flexibility index (Phi) is 2.45. The topological polar surface area (TPSA) is 57.5 Å². The summed E-state index contributed by atoms with van der Waals surface area (Å²) in [6, 6.07) is 4.62. The second kappa shape index (κ2) is 3.36. The molecule has 2 N–H and O–H groups in total. The summed E-state index contributed by atoms with van der Waals surface area (Å²) in [5.74, 6) is -0.314. The Morgan fingerprint density at radius 3 is 2.58 bits per heavy atom. The molecule has 1 rings (SSSR count). The Bertz CT molecular complexity index is 305. The van der Waals surface area contributed by atoms with Gasteiger partial charge in [-0.2, -0.15) is 0 Å². The van der Waals surface area contributed by atoms with Crippen molar-refractivity contribution in [3.05, 3.63) is 29.3 Å². The van der Waals surface area contributed by atoms with Crippen LogP contribution in [0.25, 0.3) is 0 Å². The zero-order valence-electron chi connectivity index (χ0n) is 6.74. The van der Waals surface area contributed by atoms with Crippen molar-refractivity contribution in [2.24, 2.45) is 0 Å². The van der Waals surface area contributed by atoms with Crippen LogP contribution in [0.2, 0.25) is 0 Å². The molecule has 0 unspecified atom stereocenters.